The lowest BCUT2D eigenvalue weighted by atomic mass is 10.1. The molecule has 0 radical (unpaired) electrons. The number of benzene rings is 1. The molecule has 1 fully saturated rings. The quantitative estimate of drug-likeness (QED) is 0.785. The van der Waals surface area contributed by atoms with Gasteiger partial charge in [0.15, 0.2) is 0 Å². The standard InChI is InChI=1S/C13H19FN2/c1-10-9-16(11(2)7-8-15-10)13-5-3-12(14)4-6-13/h3-6,10-11,15H,7-9H2,1-2H3. The molecule has 2 atom stereocenters. The lowest BCUT2D eigenvalue weighted by molar-refractivity contribution is 0.584. The highest BCUT2D eigenvalue weighted by Crippen LogP contribution is 2.20. The van der Waals surface area contributed by atoms with E-state index in [0.717, 1.165) is 25.2 Å². The molecule has 0 amide bonds. The van der Waals surface area contributed by atoms with Gasteiger partial charge < -0.3 is 10.2 Å². The van der Waals surface area contributed by atoms with Crippen LogP contribution in [-0.2, 0) is 0 Å². The number of halogens is 1. The highest BCUT2D eigenvalue weighted by Gasteiger charge is 2.20. The molecule has 0 aliphatic carbocycles. The van der Waals surface area contributed by atoms with Gasteiger partial charge in [0, 0.05) is 24.3 Å². The van der Waals surface area contributed by atoms with Crippen LogP contribution in [0.1, 0.15) is 20.3 Å². The Morgan fingerprint density at radius 1 is 1.25 bits per heavy atom. The summed E-state index contributed by atoms with van der Waals surface area (Å²) in [5, 5.41) is 3.47. The third-order valence-electron chi connectivity index (χ3n) is 3.22. The van der Waals surface area contributed by atoms with E-state index >= 15 is 0 Å². The summed E-state index contributed by atoms with van der Waals surface area (Å²) in [7, 11) is 0. The minimum Gasteiger partial charge on any atom is -0.367 e. The van der Waals surface area contributed by atoms with Crippen LogP contribution in [0, 0.1) is 5.82 Å². The Bertz CT molecular complexity index is 336. The Morgan fingerprint density at radius 2 is 1.94 bits per heavy atom. The third-order valence-corrected chi connectivity index (χ3v) is 3.22. The average molecular weight is 222 g/mol. The van der Waals surface area contributed by atoms with Gasteiger partial charge in [-0.25, -0.2) is 4.39 Å². The maximum absolute atomic E-state index is 12.9. The maximum Gasteiger partial charge on any atom is 0.123 e. The van der Waals surface area contributed by atoms with Crippen LogP contribution in [0.5, 0.6) is 0 Å². The van der Waals surface area contributed by atoms with E-state index in [9.17, 15) is 4.39 Å². The first-order valence-electron chi connectivity index (χ1n) is 5.92. The zero-order valence-corrected chi connectivity index (χ0v) is 9.91. The Morgan fingerprint density at radius 3 is 2.62 bits per heavy atom. The van der Waals surface area contributed by atoms with E-state index in [1.165, 1.54) is 12.1 Å². The lowest BCUT2D eigenvalue weighted by Crippen LogP contribution is -2.38. The van der Waals surface area contributed by atoms with Crippen molar-refractivity contribution in [3.63, 3.8) is 0 Å². The van der Waals surface area contributed by atoms with Crippen molar-refractivity contribution < 1.29 is 4.39 Å². The second-order valence-corrected chi connectivity index (χ2v) is 4.62. The summed E-state index contributed by atoms with van der Waals surface area (Å²) < 4.78 is 12.9. The lowest BCUT2D eigenvalue weighted by Gasteiger charge is -2.30. The molecular weight excluding hydrogens is 203 g/mol. The summed E-state index contributed by atoms with van der Waals surface area (Å²) in [5.41, 5.74) is 1.12. The van der Waals surface area contributed by atoms with E-state index < -0.39 is 0 Å². The Balaban J connectivity index is 2.19. The first-order valence-corrected chi connectivity index (χ1v) is 5.92. The summed E-state index contributed by atoms with van der Waals surface area (Å²) in [5.74, 6) is -0.169. The molecule has 0 saturated carbocycles. The minimum atomic E-state index is -0.169. The van der Waals surface area contributed by atoms with E-state index in [1.54, 1.807) is 0 Å². The summed E-state index contributed by atoms with van der Waals surface area (Å²) in [6.07, 6.45) is 1.13. The van der Waals surface area contributed by atoms with Gasteiger partial charge in [-0.3, -0.25) is 0 Å². The Labute approximate surface area is 96.5 Å². The third kappa shape index (κ3) is 2.53. The maximum atomic E-state index is 12.9. The number of hydrogen-bond donors (Lipinski definition) is 1. The smallest absolute Gasteiger partial charge is 0.123 e. The Hall–Kier alpha value is -1.09. The van der Waals surface area contributed by atoms with E-state index in [0.29, 0.717) is 12.1 Å². The molecule has 1 saturated heterocycles. The molecule has 2 nitrogen and oxygen atoms in total. The molecule has 2 rings (SSSR count). The number of rotatable bonds is 1. The van der Waals surface area contributed by atoms with Gasteiger partial charge >= 0.3 is 0 Å². The SMILES string of the molecule is CC1CN(c2ccc(F)cc2)C(C)CCN1. The van der Waals surface area contributed by atoms with Gasteiger partial charge in [0.2, 0.25) is 0 Å². The first kappa shape index (κ1) is 11.4. The van der Waals surface area contributed by atoms with E-state index in [1.807, 2.05) is 12.1 Å². The zero-order valence-electron chi connectivity index (χ0n) is 9.91. The van der Waals surface area contributed by atoms with Crippen molar-refractivity contribution in [3.8, 4) is 0 Å². The molecule has 1 aromatic rings. The van der Waals surface area contributed by atoms with Gasteiger partial charge in [0.05, 0.1) is 0 Å². The fraction of sp³-hybridized carbons (Fsp3) is 0.538. The molecule has 3 heteroatoms. The average Bonchev–Trinajstić information content (AvgIpc) is 2.42. The van der Waals surface area contributed by atoms with Crippen LogP contribution in [0.15, 0.2) is 24.3 Å². The van der Waals surface area contributed by atoms with Crippen LogP contribution in [-0.4, -0.2) is 25.2 Å². The predicted octanol–water partition coefficient (Wildman–Crippen LogP) is 2.40. The molecule has 88 valence electrons. The molecule has 1 aliphatic rings. The molecule has 1 aromatic carbocycles. The largest absolute Gasteiger partial charge is 0.367 e. The number of nitrogens with zero attached hydrogens (tertiary/aromatic N) is 1. The molecule has 0 bridgehead atoms. The van der Waals surface area contributed by atoms with E-state index in [2.05, 4.69) is 24.1 Å². The van der Waals surface area contributed by atoms with Crippen molar-refractivity contribution in [3.05, 3.63) is 30.1 Å². The summed E-state index contributed by atoms with van der Waals surface area (Å²) in [6.45, 7) is 6.45. The second-order valence-electron chi connectivity index (χ2n) is 4.62. The molecule has 1 aliphatic heterocycles. The van der Waals surface area contributed by atoms with Crippen LogP contribution in [0.2, 0.25) is 0 Å². The number of nitrogens with one attached hydrogen (secondary N) is 1. The van der Waals surface area contributed by atoms with Gasteiger partial charge in [0.1, 0.15) is 5.82 Å². The van der Waals surface area contributed by atoms with Crippen molar-refractivity contribution in [1.29, 1.82) is 0 Å². The monoisotopic (exact) mass is 222 g/mol. The molecule has 1 heterocycles. The van der Waals surface area contributed by atoms with Crippen LogP contribution in [0.25, 0.3) is 0 Å². The fourth-order valence-corrected chi connectivity index (χ4v) is 2.23. The van der Waals surface area contributed by atoms with Crippen molar-refractivity contribution >= 4 is 5.69 Å². The molecule has 16 heavy (non-hydrogen) atoms. The fourth-order valence-electron chi connectivity index (χ4n) is 2.23. The molecule has 2 unspecified atom stereocenters. The normalized spacial score (nSPS) is 26.6. The van der Waals surface area contributed by atoms with Crippen molar-refractivity contribution in [2.75, 3.05) is 18.0 Å². The van der Waals surface area contributed by atoms with Gasteiger partial charge in [0.25, 0.3) is 0 Å². The highest BCUT2D eigenvalue weighted by molar-refractivity contribution is 5.47. The van der Waals surface area contributed by atoms with Gasteiger partial charge in [-0.05, 0) is 51.1 Å². The Kier molecular flexibility index (Phi) is 3.44. The highest BCUT2D eigenvalue weighted by atomic mass is 19.1. The minimum absolute atomic E-state index is 0.169. The van der Waals surface area contributed by atoms with Crippen LogP contribution < -0.4 is 10.2 Å². The molecular formula is C13H19FN2. The van der Waals surface area contributed by atoms with Crippen molar-refractivity contribution in [2.45, 2.75) is 32.4 Å². The topological polar surface area (TPSA) is 15.3 Å². The van der Waals surface area contributed by atoms with Crippen molar-refractivity contribution in [1.82, 2.24) is 5.32 Å². The molecule has 0 spiro atoms. The first-order chi connectivity index (χ1) is 7.66. The van der Waals surface area contributed by atoms with Gasteiger partial charge in [-0.15, -0.1) is 0 Å². The van der Waals surface area contributed by atoms with E-state index in [-0.39, 0.29) is 5.82 Å². The number of hydrogen-bond acceptors (Lipinski definition) is 2. The van der Waals surface area contributed by atoms with Crippen LogP contribution >= 0.6 is 0 Å². The predicted molar refractivity (Wildman–Crippen MR) is 65.3 cm³/mol. The van der Waals surface area contributed by atoms with E-state index in [4.69, 9.17) is 0 Å². The summed E-state index contributed by atoms with van der Waals surface area (Å²) in [6, 6.07) is 7.78. The molecule has 0 aromatic heterocycles. The van der Waals surface area contributed by atoms with Gasteiger partial charge in [-0.1, -0.05) is 0 Å². The van der Waals surface area contributed by atoms with Crippen molar-refractivity contribution in [2.24, 2.45) is 0 Å². The van der Waals surface area contributed by atoms with Crippen LogP contribution in [0.3, 0.4) is 0 Å². The van der Waals surface area contributed by atoms with Crippen LogP contribution in [0.4, 0.5) is 10.1 Å². The second kappa shape index (κ2) is 4.83. The summed E-state index contributed by atoms with van der Waals surface area (Å²) >= 11 is 0. The zero-order chi connectivity index (χ0) is 11.5. The van der Waals surface area contributed by atoms with Gasteiger partial charge in [-0.2, -0.15) is 0 Å². The number of anilines is 1. The summed E-state index contributed by atoms with van der Waals surface area (Å²) in [4.78, 5) is 2.35. The molecule has 1 N–H and O–H groups in total.